The van der Waals surface area contributed by atoms with Crippen LogP contribution in [0.4, 0.5) is 4.39 Å². The number of fused-ring (bicyclic) bond motifs is 3. The van der Waals surface area contributed by atoms with Gasteiger partial charge in [-0.15, -0.1) is 0 Å². The molecule has 2 spiro atoms. The van der Waals surface area contributed by atoms with Gasteiger partial charge in [-0.2, -0.15) is 4.99 Å². The minimum absolute atomic E-state index is 0.241. The van der Waals surface area contributed by atoms with Gasteiger partial charge in [-0.3, -0.25) is 4.79 Å². The Morgan fingerprint density at radius 3 is 2.62 bits per heavy atom. The second kappa shape index (κ2) is 5.89. The maximum absolute atomic E-state index is 13.6. The van der Waals surface area contributed by atoms with E-state index in [1.807, 2.05) is 11.0 Å². The molecule has 148 valence electrons. The maximum Gasteiger partial charge on any atom is 0.296 e. The molecule has 1 aliphatic carbocycles. The normalized spacial score (nSPS) is 26.6. The first-order valence-corrected chi connectivity index (χ1v) is 10.1. The molecule has 3 heterocycles. The Labute approximate surface area is 168 Å². The molecule has 1 fully saturated rings. The van der Waals surface area contributed by atoms with Gasteiger partial charge in [0.1, 0.15) is 5.82 Å². The van der Waals surface area contributed by atoms with Gasteiger partial charge in [0.15, 0.2) is 0 Å². The summed E-state index contributed by atoms with van der Waals surface area (Å²) in [6, 6.07) is 13.5. The summed E-state index contributed by atoms with van der Waals surface area (Å²) in [5.74, 6) is -0.544. The van der Waals surface area contributed by atoms with E-state index in [0.29, 0.717) is 25.5 Å². The zero-order chi connectivity index (χ0) is 19.6. The Morgan fingerprint density at radius 1 is 0.966 bits per heavy atom. The number of aliphatic imine (C=N–C) groups is 1. The number of rotatable bonds is 0. The highest BCUT2D eigenvalue weighted by Crippen LogP contribution is 2.45. The van der Waals surface area contributed by atoms with Crippen molar-refractivity contribution in [2.45, 2.75) is 43.5 Å². The predicted octanol–water partition coefficient (Wildman–Crippen LogP) is 3.10. The van der Waals surface area contributed by atoms with Gasteiger partial charge in [-0.25, -0.2) is 4.39 Å². The molecule has 0 radical (unpaired) electrons. The number of carbonyl (C=O) groups excluding carboxylic acids is 1. The third-order valence-electron chi connectivity index (χ3n) is 6.85. The average molecular weight is 392 g/mol. The van der Waals surface area contributed by atoms with E-state index in [-0.39, 0.29) is 17.3 Å². The van der Waals surface area contributed by atoms with E-state index < -0.39 is 5.60 Å². The van der Waals surface area contributed by atoms with Gasteiger partial charge in [0, 0.05) is 25.9 Å². The van der Waals surface area contributed by atoms with Gasteiger partial charge in [-0.05, 0) is 47.2 Å². The van der Waals surface area contributed by atoms with Crippen molar-refractivity contribution in [2.75, 3.05) is 13.1 Å². The fraction of sp³-hybridized carbons (Fsp3) is 0.391. The summed E-state index contributed by atoms with van der Waals surface area (Å²) in [4.78, 5) is 19.1. The first-order valence-electron chi connectivity index (χ1n) is 10.1. The van der Waals surface area contributed by atoms with Crippen LogP contribution in [0.1, 0.15) is 35.1 Å². The molecule has 1 unspecified atom stereocenters. The van der Waals surface area contributed by atoms with Gasteiger partial charge in [-0.1, -0.05) is 30.3 Å². The molecule has 5 nitrogen and oxygen atoms in total. The van der Waals surface area contributed by atoms with Crippen LogP contribution >= 0.6 is 0 Å². The fourth-order valence-corrected chi connectivity index (χ4v) is 5.26. The highest BCUT2D eigenvalue weighted by Gasteiger charge is 2.53. The second-order valence-electron chi connectivity index (χ2n) is 8.49. The Hall–Kier alpha value is -2.73. The molecule has 29 heavy (non-hydrogen) atoms. The third kappa shape index (κ3) is 2.48. The summed E-state index contributed by atoms with van der Waals surface area (Å²) in [5, 5.41) is 0. The number of carbonyl (C=O) groups is 1. The van der Waals surface area contributed by atoms with Gasteiger partial charge < -0.3 is 14.4 Å². The number of ether oxygens (including phenoxy) is 2. The van der Waals surface area contributed by atoms with Crippen LogP contribution in [0.2, 0.25) is 0 Å². The van der Waals surface area contributed by atoms with Crippen molar-refractivity contribution in [3.63, 3.8) is 0 Å². The number of amidine groups is 1. The summed E-state index contributed by atoms with van der Waals surface area (Å²) < 4.78 is 26.0. The van der Waals surface area contributed by atoms with Crippen LogP contribution in [0, 0.1) is 5.82 Å². The lowest BCUT2D eigenvalue weighted by molar-refractivity contribution is -0.130. The molecule has 2 aromatic carbocycles. The molecule has 1 amide bonds. The zero-order valence-corrected chi connectivity index (χ0v) is 16.0. The summed E-state index contributed by atoms with van der Waals surface area (Å²) in [7, 11) is 0. The minimum Gasteiger partial charge on any atom is -0.447 e. The van der Waals surface area contributed by atoms with Gasteiger partial charge in [0.2, 0.25) is 5.60 Å². The third-order valence-corrected chi connectivity index (χ3v) is 6.85. The van der Waals surface area contributed by atoms with Crippen LogP contribution in [0.25, 0.3) is 0 Å². The van der Waals surface area contributed by atoms with Crippen molar-refractivity contribution in [3.8, 4) is 0 Å². The molecular weight excluding hydrogens is 371 g/mol. The molecule has 6 rings (SSSR count). The minimum atomic E-state index is -1.00. The number of halogens is 1. The van der Waals surface area contributed by atoms with E-state index in [9.17, 15) is 9.18 Å². The van der Waals surface area contributed by atoms with Crippen LogP contribution < -0.4 is 0 Å². The van der Waals surface area contributed by atoms with E-state index in [1.54, 1.807) is 6.07 Å². The van der Waals surface area contributed by atoms with Crippen LogP contribution in [-0.4, -0.2) is 35.5 Å². The molecular formula is C23H21FN2O3. The smallest absolute Gasteiger partial charge is 0.296 e. The standard InChI is InChI=1S/C23H21FN2O3/c24-18-6-5-15-12-23(13-17(15)11-18)20(27)25-21(29-23)26-9-7-22(8-10-26)19-4-2-1-3-16(19)14-28-22/h1-6,11H,7-10,12-14H2. The van der Waals surface area contributed by atoms with Crippen molar-refractivity contribution in [2.24, 2.45) is 4.99 Å². The lowest BCUT2D eigenvalue weighted by Gasteiger charge is -2.39. The zero-order valence-electron chi connectivity index (χ0n) is 16.0. The Balaban J connectivity index is 1.19. The molecule has 1 saturated heterocycles. The number of hydrogen-bond acceptors (Lipinski definition) is 4. The number of benzene rings is 2. The second-order valence-corrected chi connectivity index (χ2v) is 8.49. The molecule has 0 aromatic heterocycles. The van der Waals surface area contributed by atoms with Crippen molar-refractivity contribution in [3.05, 3.63) is 70.5 Å². The number of hydrogen-bond donors (Lipinski definition) is 0. The monoisotopic (exact) mass is 392 g/mol. The van der Waals surface area contributed by atoms with Crippen LogP contribution in [0.3, 0.4) is 0 Å². The quantitative estimate of drug-likeness (QED) is 0.691. The van der Waals surface area contributed by atoms with E-state index in [4.69, 9.17) is 9.47 Å². The topological polar surface area (TPSA) is 51.1 Å². The lowest BCUT2D eigenvalue weighted by Crippen LogP contribution is -2.47. The number of nitrogens with zero attached hydrogens (tertiary/aromatic N) is 2. The van der Waals surface area contributed by atoms with E-state index in [1.165, 1.54) is 23.3 Å². The molecule has 6 heteroatoms. The summed E-state index contributed by atoms with van der Waals surface area (Å²) in [6.45, 7) is 2.10. The summed E-state index contributed by atoms with van der Waals surface area (Å²) in [5.41, 5.74) is 3.11. The van der Waals surface area contributed by atoms with Gasteiger partial charge >= 0.3 is 0 Å². The van der Waals surface area contributed by atoms with E-state index in [2.05, 4.69) is 23.2 Å². The van der Waals surface area contributed by atoms with Crippen LogP contribution in [0.5, 0.6) is 0 Å². The van der Waals surface area contributed by atoms with Crippen molar-refractivity contribution >= 4 is 11.9 Å². The van der Waals surface area contributed by atoms with Crippen LogP contribution in [0.15, 0.2) is 47.5 Å². The van der Waals surface area contributed by atoms with Gasteiger partial charge in [0.05, 0.1) is 12.2 Å². The summed E-state index contributed by atoms with van der Waals surface area (Å²) >= 11 is 0. The predicted molar refractivity (Wildman–Crippen MR) is 104 cm³/mol. The molecule has 1 atom stereocenters. The molecule has 0 saturated carbocycles. The SMILES string of the molecule is O=C1N=C(N2CCC3(CC2)OCc2ccccc23)OC12Cc1ccc(F)cc1C2. The first kappa shape index (κ1) is 17.2. The molecule has 0 bridgehead atoms. The molecule has 0 N–H and O–H groups in total. The highest BCUT2D eigenvalue weighted by atomic mass is 19.1. The molecule has 3 aliphatic heterocycles. The fourth-order valence-electron chi connectivity index (χ4n) is 5.26. The number of amides is 1. The Bertz CT molecular complexity index is 1060. The van der Waals surface area contributed by atoms with E-state index >= 15 is 0 Å². The first-order chi connectivity index (χ1) is 14.1. The molecule has 4 aliphatic rings. The van der Waals surface area contributed by atoms with E-state index in [0.717, 1.165) is 37.1 Å². The largest absolute Gasteiger partial charge is 0.447 e. The van der Waals surface area contributed by atoms with Crippen molar-refractivity contribution in [1.29, 1.82) is 0 Å². The van der Waals surface area contributed by atoms with Crippen molar-refractivity contribution in [1.82, 2.24) is 4.90 Å². The number of likely N-dealkylation sites (tertiary alicyclic amines) is 1. The lowest BCUT2D eigenvalue weighted by atomic mass is 9.84. The Morgan fingerprint density at radius 2 is 1.76 bits per heavy atom. The van der Waals surface area contributed by atoms with Crippen molar-refractivity contribution < 1.29 is 18.7 Å². The Kier molecular flexibility index (Phi) is 3.48. The van der Waals surface area contributed by atoms with Crippen LogP contribution in [-0.2, 0) is 39.3 Å². The number of piperidine rings is 1. The maximum atomic E-state index is 13.6. The molecule has 2 aromatic rings. The highest BCUT2D eigenvalue weighted by molar-refractivity contribution is 6.02. The summed E-state index contributed by atoms with van der Waals surface area (Å²) in [6.07, 6.45) is 2.49. The average Bonchev–Trinajstić information content (AvgIpc) is 3.37. The van der Waals surface area contributed by atoms with Gasteiger partial charge in [0.25, 0.3) is 11.9 Å².